The van der Waals surface area contributed by atoms with Crippen LogP contribution in [0.25, 0.3) is 0 Å². The van der Waals surface area contributed by atoms with E-state index in [1.165, 1.54) is 0 Å². The molecule has 2 aromatic rings. The summed E-state index contributed by atoms with van der Waals surface area (Å²) in [7, 11) is 0. The van der Waals surface area contributed by atoms with E-state index in [1.807, 2.05) is 10.9 Å². The van der Waals surface area contributed by atoms with Crippen LogP contribution in [-0.2, 0) is 0 Å². The smallest absolute Gasteiger partial charge is 0.208 e. The average molecular weight is 250 g/mol. The predicted molar refractivity (Wildman–Crippen MR) is 65.3 cm³/mol. The Kier molecular flexibility index (Phi) is 2.54. The Hall–Kier alpha value is -1.50. The molecule has 6 nitrogen and oxygen atoms in total. The first-order valence-corrected chi connectivity index (χ1v) is 6.50. The molecule has 1 aliphatic heterocycles. The minimum Gasteiger partial charge on any atom is -0.342 e. The maximum Gasteiger partial charge on any atom is 0.208 e. The van der Waals surface area contributed by atoms with E-state index < -0.39 is 0 Å². The van der Waals surface area contributed by atoms with E-state index in [2.05, 4.69) is 39.3 Å². The summed E-state index contributed by atoms with van der Waals surface area (Å²) < 4.78 is 1.90. The Labute approximate surface area is 103 Å². The average Bonchev–Trinajstić information content (AvgIpc) is 2.84. The molecule has 17 heavy (non-hydrogen) atoms. The summed E-state index contributed by atoms with van der Waals surface area (Å²) >= 11 is 1.68. The number of hydrogen-bond donors (Lipinski definition) is 0. The molecule has 0 aliphatic carbocycles. The van der Waals surface area contributed by atoms with Crippen LogP contribution in [0.2, 0.25) is 0 Å². The lowest BCUT2D eigenvalue weighted by molar-refractivity contribution is 0.360. The molecule has 1 saturated heterocycles. The monoisotopic (exact) mass is 250 g/mol. The van der Waals surface area contributed by atoms with Gasteiger partial charge < -0.3 is 4.90 Å². The third kappa shape index (κ3) is 1.90. The molecule has 0 radical (unpaired) electrons. The van der Waals surface area contributed by atoms with Gasteiger partial charge in [0.2, 0.25) is 5.13 Å². The van der Waals surface area contributed by atoms with Crippen molar-refractivity contribution >= 4 is 16.5 Å². The van der Waals surface area contributed by atoms with Gasteiger partial charge in [-0.15, -0.1) is 15.3 Å². The van der Waals surface area contributed by atoms with E-state index in [4.69, 9.17) is 0 Å². The SMILES string of the molecule is CC(C)c1nnc(N2CC(n3ccnn3)C2)s1. The molecule has 0 aromatic carbocycles. The maximum atomic E-state index is 4.22. The summed E-state index contributed by atoms with van der Waals surface area (Å²) in [4.78, 5) is 2.23. The molecule has 3 rings (SSSR count). The number of anilines is 1. The quantitative estimate of drug-likeness (QED) is 0.822. The van der Waals surface area contributed by atoms with Crippen molar-refractivity contribution in [2.75, 3.05) is 18.0 Å². The molecule has 0 N–H and O–H groups in total. The normalized spacial score (nSPS) is 16.5. The van der Waals surface area contributed by atoms with Crippen molar-refractivity contribution in [3.8, 4) is 0 Å². The topological polar surface area (TPSA) is 59.7 Å². The second-order valence-corrected chi connectivity index (χ2v) is 5.51. The number of rotatable bonds is 3. The zero-order valence-corrected chi connectivity index (χ0v) is 10.6. The third-order valence-corrected chi connectivity index (χ3v) is 4.16. The van der Waals surface area contributed by atoms with Gasteiger partial charge in [-0.2, -0.15) is 0 Å². The lowest BCUT2D eigenvalue weighted by Crippen LogP contribution is -2.48. The highest BCUT2D eigenvalue weighted by atomic mass is 32.1. The van der Waals surface area contributed by atoms with Crippen LogP contribution in [0, 0.1) is 0 Å². The molecule has 90 valence electrons. The third-order valence-electron chi connectivity index (χ3n) is 2.87. The van der Waals surface area contributed by atoms with Crippen molar-refractivity contribution in [3.05, 3.63) is 17.4 Å². The van der Waals surface area contributed by atoms with E-state index >= 15 is 0 Å². The molecule has 0 saturated carbocycles. The van der Waals surface area contributed by atoms with E-state index in [0.717, 1.165) is 23.2 Å². The molecular weight excluding hydrogens is 236 g/mol. The van der Waals surface area contributed by atoms with Crippen LogP contribution in [-0.4, -0.2) is 38.3 Å². The fraction of sp³-hybridized carbons (Fsp3) is 0.600. The van der Waals surface area contributed by atoms with Gasteiger partial charge in [-0.1, -0.05) is 30.4 Å². The zero-order valence-electron chi connectivity index (χ0n) is 9.82. The van der Waals surface area contributed by atoms with Crippen molar-refractivity contribution in [1.82, 2.24) is 25.2 Å². The Morgan fingerprint density at radius 2 is 2.18 bits per heavy atom. The highest BCUT2D eigenvalue weighted by molar-refractivity contribution is 7.15. The molecule has 1 aliphatic rings. The summed E-state index contributed by atoms with van der Waals surface area (Å²) in [6, 6.07) is 0.420. The van der Waals surface area contributed by atoms with Gasteiger partial charge in [0.25, 0.3) is 0 Å². The standard InChI is InChI=1S/C10H14N6S/c1-7(2)9-12-13-10(17-9)15-5-8(6-15)16-4-3-11-14-16/h3-4,7-8H,5-6H2,1-2H3. The molecule has 0 unspecified atom stereocenters. The van der Waals surface area contributed by atoms with Gasteiger partial charge in [0, 0.05) is 25.2 Å². The maximum absolute atomic E-state index is 4.22. The molecular formula is C10H14N6S. The van der Waals surface area contributed by atoms with Crippen molar-refractivity contribution in [3.63, 3.8) is 0 Å². The highest BCUT2D eigenvalue weighted by Gasteiger charge is 2.31. The Morgan fingerprint density at radius 1 is 1.35 bits per heavy atom. The Bertz CT molecular complexity index is 485. The van der Waals surface area contributed by atoms with Crippen LogP contribution < -0.4 is 4.90 Å². The second-order valence-electron chi connectivity index (χ2n) is 4.52. The minimum atomic E-state index is 0.420. The van der Waals surface area contributed by atoms with E-state index in [-0.39, 0.29) is 0 Å². The molecule has 0 bridgehead atoms. The van der Waals surface area contributed by atoms with Crippen molar-refractivity contribution in [2.24, 2.45) is 0 Å². The van der Waals surface area contributed by atoms with Crippen LogP contribution in [0.3, 0.4) is 0 Å². The molecule has 7 heteroatoms. The first-order valence-electron chi connectivity index (χ1n) is 5.68. The largest absolute Gasteiger partial charge is 0.342 e. The Morgan fingerprint density at radius 3 is 2.76 bits per heavy atom. The highest BCUT2D eigenvalue weighted by Crippen LogP contribution is 2.31. The van der Waals surface area contributed by atoms with Gasteiger partial charge in [0.05, 0.1) is 12.2 Å². The molecule has 0 amide bonds. The van der Waals surface area contributed by atoms with E-state index in [1.54, 1.807) is 17.5 Å². The zero-order chi connectivity index (χ0) is 11.8. The number of aromatic nitrogens is 5. The summed E-state index contributed by atoms with van der Waals surface area (Å²) in [6.07, 6.45) is 3.62. The molecule has 0 spiro atoms. The molecule has 0 atom stereocenters. The Balaban J connectivity index is 1.65. The molecule has 3 heterocycles. The van der Waals surface area contributed by atoms with Gasteiger partial charge in [-0.25, -0.2) is 4.68 Å². The lowest BCUT2D eigenvalue weighted by Gasteiger charge is -2.38. The van der Waals surface area contributed by atoms with Crippen LogP contribution in [0.1, 0.15) is 30.8 Å². The lowest BCUT2D eigenvalue weighted by atomic mass is 10.1. The predicted octanol–water partition coefficient (Wildman–Crippen LogP) is 1.31. The first kappa shape index (κ1) is 10.6. The van der Waals surface area contributed by atoms with Gasteiger partial charge in [-0.3, -0.25) is 0 Å². The summed E-state index contributed by atoms with van der Waals surface area (Å²) in [5.74, 6) is 0.452. The van der Waals surface area contributed by atoms with Crippen LogP contribution >= 0.6 is 11.3 Å². The van der Waals surface area contributed by atoms with E-state index in [9.17, 15) is 0 Å². The number of nitrogens with zero attached hydrogens (tertiary/aromatic N) is 6. The van der Waals surface area contributed by atoms with Gasteiger partial charge in [-0.05, 0) is 0 Å². The summed E-state index contributed by atoms with van der Waals surface area (Å²) in [6.45, 7) is 6.16. The van der Waals surface area contributed by atoms with Crippen LogP contribution in [0.4, 0.5) is 5.13 Å². The number of hydrogen-bond acceptors (Lipinski definition) is 6. The fourth-order valence-electron chi connectivity index (χ4n) is 1.78. The van der Waals surface area contributed by atoms with E-state index in [0.29, 0.717) is 12.0 Å². The van der Waals surface area contributed by atoms with Crippen molar-refractivity contribution in [1.29, 1.82) is 0 Å². The van der Waals surface area contributed by atoms with Crippen LogP contribution in [0.5, 0.6) is 0 Å². The molecule has 2 aromatic heterocycles. The minimum absolute atomic E-state index is 0.420. The van der Waals surface area contributed by atoms with Gasteiger partial charge in [0.15, 0.2) is 0 Å². The van der Waals surface area contributed by atoms with Crippen molar-refractivity contribution < 1.29 is 0 Å². The first-order chi connectivity index (χ1) is 8.24. The fourth-order valence-corrected chi connectivity index (χ4v) is 2.64. The summed E-state index contributed by atoms with van der Waals surface area (Å²) in [5.41, 5.74) is 0. The summed E-state index contributed by atoms with van der Waals surface area (Å²) in [5, 5.41) is 18.4. The second kappa shape index (κ2) is 4.06. The van der Waals surface area contributed by atoms with Crippen LogP contribution in [0.15, 0.2) is 12.4 Å². The van der Waals surface area contributed by atoms with Crippen molar-refractivity contribution in [2.45, 2.75) is 25.8 Å². The van der Waals surface area contributed by atoms with Gasteiger partial charge >= 0.3 is 0 Å². The molecule has 1 fully saturated rings. The van der Waals surface area contributed by atoms with Gasteiger partial charge in [0.1, 0.15) is 5.01 Å².